The lowest BCUT2D eigenvalue weighted by Gasteiger charge is -2.15. The van der Waals surface area contributed by atoms with E-state index in [2.05, 4.69) is 15.5 Å². The number of hydrogen-bond donors (Lipinski definition) is 1. The zero-order valence-electron chi connectivity index (χ0n) is 19.6. The summed E-state index contributed by atoms with van der Waals surface area (Å²) >= 11 is 0. The minimum Gasteiger partial charge on any atom is -0.497 e. The molecule has 2 heterocycles. The van der Waals surface area contributed by atoms with Gasteiger partial charge in [-0.1, -0.05) is 19.1 Å². The number of nitrogens with zero attached hydrogens (tertiary/aromatic N) is 4. The third kappa shape index (κ3) is 5.10. The summed E-state index contributed by atoms with van der Waals surface area (Å²) in [6.07, 6.45) is -2.82. The highest BCUT2D eigenvalue weighted by molar-refractivity contribution is 5.93. The number of nitrogens with one attached hydrogen (secondary N) is 1. The molecule has 0 saturated heterocycles. The van der Waals surface area contributed by atoms with Gasteiger partial charge in [0.15, 0.2) is 5.69 Å². The summed E-state index contributed by atoms with van der Waals surface area (Å²) in [5.74, 6) is -0.0469. The number of aromatic nitrogens is 4. The SMILES string of the molecule is COc1cccc(Cn2nc(C)c(NC(=O)C(C)Cn3nc(C(F)(F)F)cc3C3CC3)c2C)c1. The van der Waals surface area contributed by atoms with Crippen LogP contribution in [0, 0.1) is 19.8 Å². The van der Waals surface area contributed by atoms with E-state index < -0.39 is 17.8 Å². The molecule has 7 nitrogen and oxygen atoms in total. The van der Waals surface area contributed by atoms with E-state index in [4.69, 9.17) is 4.74 Å². The van der Waals surface area contributed by atoms with Crippen molar-refractivity contribution in [2.75, 3.05) is 12.4 Å². The molecule has 4 rings (SSSR count). The van der Waals surface area contributed by atoms with Crippen molar-refractivity contribution in [1.82, 2.24) is 19.6 Å². The molecule has 1 aliphatic carbocycles. The number of aryl methyl sites for hydroxylation is 1. The quantitative estimate of drug-likeness (QED) is 0.502. The van der Waals surface area contributed by atoms with Gasteiger partial charge in [-0.15, -0.1) is 0 Å². The molecule has 0 spiro atoms. The topological polar surface area (TPSA) is 74.0 Å². The number of amides is 1. The van der Waals surface area contributed by atoms with E-state index in [-0.39, 0.29) is 18.4 Å². The van der Waals surface area contributed by atoms with Gasteiger partial charge in [-0.25, -0.2) is 0 Å². The van der Waals surface area contributed by atoms with Gasteiger partial charge in [0.1, 0.15) is 5.75 Å². The fourth-order valence-corrected chi connectivity index (χ4v) is 3.99. The predicted molar refractivity (Wildman–Crippen MR) is 121 cm³/mol. The van der Waals surface area contributed by atoms with Crippen molar-refractivity contribution in [2.24, 2.45) is 5.92 Å². The summed E-state index contributed by atoms with van der Waals surface area (Å²) in [5.41, 5.74) is 2.70. The van der Waals surface area contributed by atoms with Crippen LogP contribution in [-0.4, -0.2) is 32.6 Å². The smallest absolute Gasteiger partial charge is 0.435 e. The van der Waals surface area contributed by atoms with Crippen LogP contribution in [0.25, 0.3) is 0 Å². The first kappa shape index (κ1) is 23.8. The van der Waals surface area contributed by atoms with Crippen molar-refractivity contribution in [2.45, 2.75) is 58.8 Å². The van der Waals surface area contributed by atoms with Gasteiger partial charge in [0.25, 0.3) is 0 Å². The molecule has 1 aromatic carbocycles. The third-order valence-electron chi connectivity index (χ3n) is 6.09. The number of anilines is 1. The Labute approximate surface area is 195 Å². The fourth-order valence-electron chi connectivity index (χ4n) is 3.99. The van der Waals surface area contributed by atoms with Gasteiger partial charge in [0, 0.05) is 11.6 Å². The number of hydrogen-bond acceptors (Lipinski definition) is 4. The highest BCUT2D eigenvalue weighted by Crippen LogP contribution is 2.42. The molecule has 34 heavy (non-hydrogen) atoms. The second-order valence-electron chi connectivity index (χ2n) is 8.85. The second-order valence-corrected chi connectivity index (χ2v) is 8.85. The predicted octanol–water partition coefficient (Wildman–Crippen LogP) is 4.92. The van der Waals surface area contributed by atoms with Crippen LogP contribution in [0.2, 0.25) is 0 Å². The second kappa shape index (κ2) is 9.15. The lowest BCUT2D eigenvalue weighted by molar-refractivity contribution is -0.141. The molecule has 2 aromatic heterocycles. The number of carbonyl (C=O) groups excluding carboxylic acids is 1. The van der Waals surface area contributed by atoms with Gasteiger partial charge in [-0.2, -0.15) is 23.4 Å². The van der Waals surface area contributed by atoms with Gasteiger partial charge in [-0.05, 0) is 50.5 Å². The Balaban J connectivity index is 1.47. The third-order valence-corrected chi connectivity index (χ3v) is 6.09. The number of alkyl halides is 3. The van der Waals surface area contributed by atoms with Crippen LogP contribution in [-0.2, 0) is 24.1 Å². The maximum absolute atomic E-state index is 13.2. The molecule has 1 aliphatic rings. The molecular weight excluding hydrogens is 447 g/mol. The summed E-state index contributed by atoms with van der Waals surface area (Å²) in [7, 11) is 1.61. The van der Waals surface area contributed by atoms with Gasteiger partial charge >= 0.3 is 6.18 Å². The first-order valence-corrected chi connectivity index (χ1v) is 11.2. The Kier molecular flexibility index (Phi) is 6.42. The first-order valence-electron chi connectivity index (χ1n) is 11.2. The lowest BCUT2D eigenvalue weighted by Crippen LogP contribution is -2.26. The Morgan fingerprint density at radius 3 is 2.59 bits per heavy atom. The number of carbonyl (C=O) groups is 1. The normalized spacial score (nSPS) is 14.8. The van der Waals surface area contributed by atoms with Gasteiger partial charge in [0.05, 0.1) is 43.2 Å². The maximum atomic E-state index is 13.2. The molecule has 0 bridgehead atoms. The Morgan fingerprint density at radius 1 is 1.21 bits per heavy atom. The monoisotopic (exact) mass is 475 g/mol. The molecular formula is C24H28F3N5O2. The van der Waals surface area contributed by atoms with Crippen LogP contribution in [0.15, 0.2) is 30.3 Å². The van der Waals surface area contributed by atoms with Gasteiger partial charge in [0.2, 0.25) is 5.91 Å². The summed E-state index contributed by atoms with van der Waals surface area (Å²) in [5, 5.41) is 11.2. The zero-order chi connectivity index (χ0) is 24.6. The van der Waals surface area contributed by atoms with Crippen molar-refractivity contribution in [3.63, 3.8) is 0 Å². The Morgan fingerprint density at radius 2 is 1.94 bits per heavy atom. The van der Waals surface area contributed by atoms with Crippen molar-refractivity contribution in [3.8, 4) is 5.75 Å². The highest BCUT2D eigenvalue weighted by Gasteiger charge is 2.38. The van der Waals surface area contributed by atoms with Crippen molar-refractivity contribution < 1.29 is 22.7 Å². The molecule has 1 amide bonds. The average molecular weight is 476 g/mol. The largest absolute Gasteiger partial charge is 0.497 e. The van der Waals surface area contributed by atoms with Crippen molar-refractivity contribution in [3.05, 3.63) is 58.7 Å². The Hall–Kier alpha value is -3.30. The number of halogens is 3. The molecule has 0 aliphatic heterocycles. The van der Waals surface area contributed by atoms with E-state index in [1.54, 1.807) is 18.7 Å². The Bertz CT molecular complexity index is 1190. The minimum absolute atomic E-state index is 0.0732. The summed E-state index contributed by atoms with van der Waals surface area (Å²) < 4.78 is 47.9. The minimum atomic E-state index is -4.51. The number of ether oxygens (including phenoxy) is 1. The maximum Gasteiger partial charge on any atom is 0.435 e. The molecule has 1 atom stereocenters. The molecule has 10 heteroatoms. The number of rotatable bonds is 8. The van der Waals surface area contributed by atoms with E-state index in [0.29, 0.717) is 23.6 Å². The summed E-state index contributed by atoms with van der Waals surface area (Å²) in [6.45, 7) is 5.95. The number of benzene rings is 1. The molecule has 182 valence electrons. The average Bonchev–Trinajstić information content (AvgIpc) is 3.49. The summed E-state index contributed by atoms with van der Waals surface area (Å²) in [4.78, 5) is 12.9. The van der Waals surface area contributed by atoms with Crippen LogP contribution < -0.4 is 10.1 Å². The molecule has 3 aromatic rings. The van der Waals surface area contributed by atoms with E-state index in [0.717, 1.165) is 35.9 Å². The molecule has 1 N–H and O–H groups in total. The van der Waals surface area contributed by atoms with Crippen molar-refractivity contribution >= 4 is 11.6 Å². The first-order chi connectivity index (χ1) is 16.1. The van der Waals surface area contributed by atoms with Crippen LogP contribution in [0.3, 0.4) is 0 Å². The molecule has 1 fully saturated rings. The molecule has 0 radical (unpaired) electrons. The van der Waals surface area contributed by atoms with Gasteiger partial charge in [-0.3, -0.25) is 14.2 Å². The molecule has 1 saturated carbocycles. The standard InChI is InChI=1S/C24H28F3N5O2/c1-14(12-32-20(18-8-9-18)11-21(30-32)24(25,26)27)23(33)28-22-15(2)29-31(16(22)3)13-17-6-5-7-19(10-17)34-4/h5-7,10-11,14,18H,8-9,12-13H2,1-4H3,(H,28,33). The van der Waals surface area contributed by atoms with E-state index in [9.17, 15) is 18.0 Å². The van der Waals surface area contributed by atoms with Crippen LogP contribution in [0.4, 0.5) is 18.9 Å². The van der Waals surface area contributed by atoms with Crippen LogP contribution >= 0.6 is 0 Å². The van der Waals surface area contributed by atoms with E-state index in [1.165, 1.54) is 4.68 Å². The van der Waals surface area contributed by atoms with Crippen LogP contribution in [0.1, 0.15) is 54.0 Å². The number of methoxy groups -OCH3 is 1. The van der Waals surface area contributed by atoms with Gasteiger partial charge < -0.3 is 10.1 Å². The van der Waals surface area contributed by atoms with E-state index in [1.807, 2.05) is 38.1 Å². The molecule has 1 unspecified atom stereocenters. The lowest BCUT2D eigenvalue weighted by atomic mass is 10.1. The summed E-state index contributed by atoms with van der Waals surface area (Å²) in [6, 6.07) is 8.77. The van der Waals surface area contributed by atoms with Crippen LogP contribution in [0.5, 0.6) is 5.75 Å². The fraction of sp³-hybridized carbons (Fsp3) is 0.458. The zero-order valence-corrected chi connectivity index (χ0v) is 19.6. The highest BCUT2D eigenvalue weighted by atomic mass is 19.4. The van der Waals surface area contributed by atoms with Crippen molar-refractivity contribution in [1.29, 1.82) is 0 Å². The van der Waals surface area contributed by atoms with E-state index >= 15 is 0 Å².